The van der Waals surface area contributed by atoms with E-state index in [4.69, 9.17) is 6.57 Å². The number of hydrogen-bond donors (Lipinski definition) is 1. The van der Waals surface area contributed by atoms with Gasteiger partial charge in [0, 0.05) is 19.0 Å². The highest BCUT2D eigenvalue weighted by molar-refractivity contribution is 5.74. The van der Waals surface area contributed by atoms with Crippen LogP contribution in [0.4, 0.5) is 4.79 Å². The largest absolute Gasteiger partial charge is 0.336 e. The van der Waals surface area contributed by atoms with Gasteiger partial charge in [0.05, 0.1) is 6.54 Å². The summed E-state index contributed by atoms with van der Waals surface area (Å²) in [6.45, 7) is 12.2. The highest BCUT2D eigenvalue weighted by Gasteiger charge is 2.26. The van der Waals surface area contributed by atoms with Crippen LogP contribution in [0.3, 0.4) is 0 Å². The van der Waals surface area contributed by atoms with Gasteiger partial charge in [-0.05, 0) is 20.3 Å². The molecular weight excluding hydrogens is 178 g/mol. The van der Waals surface area contributed by atoms with E-state index in [2.05, 4.69) is 10.2 Å². The number of rotatable bonds is 1. The Morgan fingerprint density at radius 3 is 2.93 bits per heavy atom. The molecule has 14 heavy (non-hydrogen) atoms. The van der Waals surface area contributed by atoms with E-state index in [1.807, 2.05) is 13.8 Å². The Balaban J connectivity index is 2.44. The molecule has 0 spiro atoms. The SMILES string of the molecule is [C-]#[N+]C1CCCN(C(=O)NC(C)C)C1. The summed E-state index contributed by atoms with van der Waals surface area (Å²) >= 11 is 0. The molecule has 1 rings (SSSR count). The molecule has 0 aromatic heterocycles. The molecule has 0 aliphatic carbocycles. The van der Waals surface area contributed by atoms with Crippen molar-refractivity contribution in [2.45, 2.75) is 38.8 Å². The summed E-state index contributed by atoms with van der Waals surface area (Å²) in [6, 6.07) is 0.130. The Labute approximate surface area is 85.1 Å². The van der Waals surface area contributed by atoms with Gasteiger partial charge in [-0.25, -0.2) is 11.4 Å². The third-order valence-electron chi connectivity index (χ3n) is 2.28. The molecule has 4 nitrogen and oxygen atoms in total. The van der Waals surface area contributed by atoms with E-state index in [-0.39, 0.29) is 18.1 Å². The van der Waals surface area contributed by atoms with Crippen LogP contribution < -0.4 is 5.32 Å². The summed E-state index contributed by atoms with van der Waals surface area (Å²) < 4.78 is 0. The van der Waals surface area contributed by atoms with Gasteiger partial charge >= 0.3 is 6.03 Å². The Hall–Kier alpha value is -1.24. The minimum absolute atomic E-state index is 0.00154. The molecule has 1 aliphatic rings. The van der Waals surface area contributed by atoms with Gasteiger partial charge in [0.2, 0.25) is 6.04 Å². The van der Waals surface area contributed by atoms with Crippen molar-refractivity contribution in [1.29, 1.82) is 0 Å². The van der Waals surface area contributed by atoms with Gasteiger partial charge in [-0.1, -0.05) is 0 Å². The lowest BCUT2D eigenvalue weighted by Gasteiger charge is -2.28. The first kappa shape index (κ1) is 10.8. The normalized spacial score (nSPS) is 21.9. The molecule has 1 saturated heterocycles. The molecule has 1 aliphatic heterocycles. The molecule has 1 fully saturated rings. The van der Waals surface area contributed by atoms with Crippen LogP contribution >= 0.6 is 0 Å². The lowest BCUT2D eigenvalue weighted by molar-refractivity contribution is 0.182. The molecule has 1 N–H and O–H groups in total. The molecule has 78 valence electrons. The number of urea groups is 1. The number of piperidine rings is 1. The van der Waals surface area contributed by atoms with E-state index in [1.165, 1.54) is 0 Å². The van der Waals surface area contributed by atoms with Gasteiger partial charge < -0.3 is 15.1 Å². The summed E-state index contributed by atoms with van der Waals surface area (Å²) in [7, 11) is 0. The Bertz CT molecular complexity index is 244. The average molecular weight is 195 g/mol. The second-order valence-electron chi connectivity index (χ2n) is 3.98. The fourth-order valence-corrected chi connectivity index (χ4v) is 1.58. The maximum Gasteiger partial charge on any atom is 0.317 e. The summed E-state index contributed by atoms with van der Waals surface area (Å²) in [5.41, 5.74) is 0. The highest BCUT2D eigenvalue weighted by Crippen LogP contribution is 2.12. The van der Waals surface area contributed by atoms with Gasteiger partial charge in [-0.2, -0.15) is 0 Å². The molecular formula is C10H17N3O. The third kappa shape index (κ3) is 2.91. The number of carbonyl (C=O) groups is 1. The van der Waals surface area contributed by atoms with Crippen molar-refractivity contribution in [2.75, 3.05) is 13.1 Å². The van der Waals surface area contributed by atoms with Gasteiger partial charge in [-0.15, -0.1) is 0 Å². The second-order valence-corrected chi connectivity index (χ2v) is 3.98. The predicted molar refractivity (Wildman–Crippen MR) is 54.9 cm³/mol. The van der Waals surface area contributed by atoms with Crippen LogP contribution in [0.15, 0.2) is 0 Å². The van der Waals surface area contributed by atoms with E-state index in [0.29, 0.717) is 6.54 Å². The van der Waals surface area contributed by atoms with Crippen LogP contribution in [-0.2, 0) is 0 Å². The Kier molecular flexibility index (Phi) is 3.75. The molecule has 0 aromatic carbocycles. The summed E-state index contributed by atoms with van der Waals surface area (Å²) in [4.78, 5) is 16.8. The average Bonchev–Trinajstić information content (AvgIpc) is 2.17. The number of nitrogens with zero attached hydrogens (tertiary/aromatic N) is 2. The third-order valence-corrected chi connectivity index (χ3v) is 2.28. The molecule has 0 radical (unpaired) electrons. The van der Waals surface area contributed by atoms with Crippen molar-refractivity contribution in [3.8, 4) is 0 Å². The fourth-order valence-electron chi connectivity index (χ4n) is 1.58. The topological polar surface area (TPSA) is 36.7 Å². The summed E-state index contributed by atoms with van der Waals surface area (Å²) in [5, 5.41) is 2.84. The maximum absolute atomic E-state index is 11.6. The van der Waals surface area contributed by atoms with E-state index in [1.54, 1.807) is 4.90 Å². The fraction of sp³-hybridized carbons (Fsp3) is 0.800. The maximum atomic E-state index is 11.6. The van der Waals surface area contributed by atoms with Gasteiger partial charge in [-0.3, -0.25) is 0 Å². The minimum atomic E-state index is -0.0339. The van der Waals surface area contributed by atoms with Crippen LogP contribution in [-0.4, -0.2) is 36.1 Å². The van der Waals surface area contributed by atoms with E-state index < -0.39 is 0 Å². The molecule has 0 bridgehead atoms. The second kappa shape index (κ2) is 4.85. The smallest absolute Gasteiger partial charge is 0.317 e. The summed E-state index contributed by atoms with van der Waals surface area (Å²) in [6.07, 6.45) is 1.87. The van der Waals surface area contributed by atoms with Gasteiger partial charge in [0.1, 0.15) is 0 Å². The lowest BCUT2D eigenvalue weighted by Crippen LogP contribution is -2.48. The number of nitrogens with one attached hydrogen (secondary N) is 1. The van der Waals surface area contributed by atoms with Crippen molar-refractivity contribution < 1.29 is 4.79 Å². The van der Waals surface area contributed by atoms with Crippen LogP contribution in [0.1, 0.15) is 26.7 Å². The molecule has 1 unspecified atom stereocenters. The number of carbonyl (C=O) groups excluding carboxylic acids is 1. The van der Waals surface area contributed by atoms with Gasteiger partial charge in [0.15, 0.2) is 0 Å². The molecule has 1 atom stereocenters. The van der Waals surface area contributed by atoms with E-state index in [0.717, 1.165) is 19.4 Å². The first-order valence-electron chi connectivity index (χ1n) is 5.05. The monoisotopic (exact) mass is 195 g/mol. The lowest BCUT2D eigenvalue weighted by atomic mass is 10.1. The zero-order valence-corrected chi connectivity index (χ0v) is 8.79. The van der Waals surface area contributed by atoms with Crippen molar-refractivity contribution >= 4 is 6.03 Å². The van der Waals surface area contributed by atoms with Gasteiger partial charge in [0.25, 0.3) is 0 Å². The summed E-state index contributed by atoms with van der Waals surface area (Å²) in [5.74, 6) is 0. The quantitative estimate of drug-likeness (QED) is 0.632. The minimum Gasteiger partial charge on any atom is -0.336 e. The van der Waals surface area contributed by atoms with Crippen LogP contribution in [0.5, 0.6) is 0 Å². The first-order chi connectivity index (χ1) is 6.63. The van der Waals surface area contributed by atoms with E-state index in [9.17, 15) is 4.79 Å². The number of amides is 2. The highest BCUT2D eigenvalue weighted by atomic mass is 16.2. The Morgan fingerprint density at radius 1 is 1.64 bits per heavy atom. The van der Waals surface area contributed by atoms with Crippen molar-refractivity contribution in [2.24, 2.45) is 0 Å². The van der Waals surface area contributed by atoms with Crippen molar-refractivity contribution in [3.05, 3.63) is 11.4 Å². The van der Waals surface area contributed by atoms with Crippen LogP contribution in [0.25, 0.3) is 4.85 Å². The zero-order valence-electron chi connectivity index (χ0n) is 8.79. The molecule has 0 saturated carbocycles. The molecule has 0 aromatic rings. The van der Waals surface area contributed by atoms with Crippen molar-refractivity contribution in [3.63, 3.8) is 0 Å². The number of likely N-dealkylation sites (tertiary alicyclic amines) is 1. The molecule has 4 heteroatoms. The predicted octanol–water partition coefficient (Wildman–Crippen LogP) is 1.49. The molecule has 2 amide bonds. The first-order valence-corrected chi connectivity index (χ1v) is 5.05. The van der Waals surface area contributed by atoms with Crippen LogP contribution in [0, 0.1) is 6.57 Å². The zero-order chi connectivity index (χ0) is 10.6. The molecule has 1 heterocycles. The number of hydrogen-bond acceptors (Lipinski definition) is 1. The Morgan fingerprint density at radius 2 is 2.36 bits per heavy atom. The van der Waals surface area contributed by atoms with Crippen molar-refractivity contribution in [1.82, 2.24) is 10.2 Å². The van der Waals surface area contributed by atoms with Crippen LogP contribution in [0.2, 0.25) is 0 Å². The van der Waals surface area contributed by atoms with E-state index >= 15 is 0 Å². The standard InChI is InChI=1S/C10H17N3O/c1-8(2)12-10(14)13-6-4-5-9(7-13)11-3/h8-9H,4-7H2,1-2H3,(H,12,14).